The molecule has 86 valence electrons. The van der Waals surface area contributed by atoms with Crippen molar-refractivity contribution in [1.29, 1.82) is 0 Å². The second-order valence-electron chi connectivity index (χ2n) is 4.08. The highest BCUT2D eigenvalue weighted by atomic mass is 32.2. The summed E-state index contributed by atoms with van der Waals surface area (Å²) in [7, 11) is 2.23. The van der Waals surface area contributed by atoms with Crippen LogP contribution in [0.3, 0.4) is 0 Å². The molecule has 14 heavy (non-hydrogen) atoms. The van der Waals surface area contributed by atoms with Crippen LogP contribution in [-0.2, 0) is 0 Å². The van der Waals surface area contributed by atoms with Crippen molar-refractivity contribution in [2.24, 2.45) is 5.73 Å². The molecule has 0 aliphatic carbocycles. The molecule has 0 amide bonds. The fraction of sp³-hybridized carbons (Fsp3) is 1.00. The minimum Gasteiger partial charge on any atom is -0.330 e. The lowest BCUT2D eigenvalue weighted by Gasteiger charge is -2.30. The molecule has 2 nitrogen and oxygen atoms in total. The van der Waals surface area contributed by atoms with Crippen LogP contribution in [0.1, 0.15) is 33.1 Å². The Morgan fingerprint density at radius 3 is 2.29 bits per heavy atom. The zero-order chi connectivity index (χ0) is 11.0. The van der Waals surface area contributed by atoms with Gasteiger partial charge in [0.1, 0.15) is 0 Å². The Kier molecular flexibility index (Phi) is 8.73. The van der Waals surface area contributed by atoms with E-state index in [4.69, 9.17) is 5.73 Å². The zero-order valence-corrected chi connectivity index (χ0v) is 10.9. The lowest BCUT2D eigenvalue weighted by Crippen LogP contribution is -2.37. The van der Waals surface area contributed by atoms with Crippen molar-refractivity contribution in [1.82, 2.24) is 4.90 Å². The van der Waals surface area contributed by atoms with Crippen LogP contribution in [0.2, 0.25) is 0 Å². The molecule has 2 unspecified atom stereocenters. The van der Waals surface area contributed by atoms with E-state index < -0.39 is 0 Å². The SMILES string of the molecule is CSCCC(C)N(C)C(C)CCCN. The summed E-state index contributed by atoms with van der Waals surface area (Å²) in [5, 5.41) is 0. The van der Waals surface area contributed by atoms with Gasteiger partial charge in [0.05, 0.1) is 0 Å². The summed E-state index contributed by atoms with van der Waals surface area (Å²) < 4.78 is 0. The molecule has 0 fully saturated rings. The zero-order valence-electron chi connectivity index (χ0n) is 10.1. The molecule has 0 heterocycles. The third-order valence-corrected chi connectivity index (χ3v) is 3.60. The Morgan fingerprint density at radius 2 is 1.79 bits per heavy atom. The standard InChI is InChI=1S/C11H26N2S/c1-10(6-5-8-12)13(3)11(2)7-9-14-4/h10-11H,5-9,12H2,1-4H3. The Morgan fingerprint density at radius 1 is 1.21 bits per heavy atom. The molecule has 0 bridgehead atoms. The lowest BCUT2D eigenvalue weighted by molar-refractivity contribution is 0.182. The molecule has 0 aromatic rings. The maximum absolute atomic E-state index is 5.51. The summed E-state index contributed by atoms with van der Waals surface area (Å²) >= 11 is 1.93. The van der Waals surface area contributed by atoms with Crippen molar-refractivity contribution >= 4 is 11.8 Å². The van der Waals surface area contributed by atoms with E-state index in [0.717, 1.165) is 13.0 Å². The predicted molar refractivity (Wildman–Crippen MR) is 68.0 cm³/mol. The highest BCUT2D eigenvalue weighted by Gasteiger charge is 2.14. The van der Waals surface area contributed by atoms with Gasteiger partial charge in [0.15, 0.2) is 0 Å². The summed E-state index contributed by atoms with van der Waals surface area (Å²) in [6.45, 7) is 5.43. The van der Waals surface area contributed by atoms with Gasteiger partial charge in [-0.25, -0.2) is 0 Å². The van der Waals surface area contributed by atoms with E-state index in [9.17, 15) is 0 Å². The first-order chi connectivity index (χ1) is 6.63. The molecule has 2 N–H and O–H groups in total. The number of hydrogen-bond acceptors (Lipinski definition) is 3. The fourth-order valence-electron chi connectivity index (χ4n) is 1.54. The van der Waals surface area contributed by atoms with Crippen molar-refractivity contribution in [3.05, 3.63) is 0 Å². The largest absolute Gasteiger partial charge is 0.330 e. The van der Waals surface area contributed by atoms with E-state index in [1.807, 2.05) is 11.8 Å². The molecule has 0 spiro atoms. The number of rotatable bonds is 8. The molecular formula is C11H26N2S. The first kappa shape index (κ1) is 14.3. The van der Waals surface area contributed by atoms with E-state index in [0.29, 0.717) is 12.1 Å². The van der Waals surface area contributed by atoms with Crippen LogP contribution in [0, 0.1) is 0 Å². The molecule has 0 saturated carbocycles. The first-order valence-corrected chi connectivity index (χ1v) is 6.93. The van der Waals surface area contributed by atoms with Crippen LogP contribution in [0.25, 0.3) is 0 Å². The van der Waals surface area contributed by atoms with Gasteiger partial charge < -0.3 is 10.6 Å². The average molecular weight is 218 g/mol. The van der Waals surface area contributed by atoms with Crippen molar-refractivity contribution in [2.75, 3.05) is 25.6 Å². The Labute approximate surface area is 93.6 Å². The Bertz CT molecular complexity index is 116. The van der Waals surface area contributed by atoms with Crippen LogP contribution >= 0.6 is 11.8 Å². The van der Waals surface area contributed by atoms with Gasteiger partial charge in [-0.1, -0.05) is 0 Å². The van der Waals surface area contributed by atoms with Gasteiger partial charge in [-0.3, -0.25) is 0 Å². The van der Waals surface area contributed by atoms with Gasteiger partial charge >= 0.3 is 0 Å². The number of thioether (sulfide) groups is 1. The van der Waals surface area contributed by atoms with Gasteiger partial charge in [0.25, 0.3) is 0 Å². The van der Waals surface area contributed by atoms with E-state index in [1.54, 1.807) is 0 Å². The topological polar surface area (TPSA) is 29.3 Å². The van der Waals surface area contributed by atoms with Crippen molar-refractivity contribution in [3.63, 3.8) is 0 Å². The minimum absolute atomic E-state index is 0.662. The van der Waals surface area contributed by atoms with Crippen LogP contribution in [0.5, 0.6) is 0 Å². The van der Waals surface area contributed by atoms with Gasteiger partial charge in [-0.2, -0.15) is 11.8 Å². The molecular weight excluding hydrogens is 192 g/mol. The van der Waals surface area contributed by atoms with Crippen molar-refractivity contribution in [2.45, 2.75) is 45.2 Å². The number of nitrogens with two attached hydrogens (primary N) is 1. The first-order valence-electron chi connectivity index (χ1n) is 5.54. The summed E-state index contributed by atoms with van der Waals surface area (Å²) in [5.41, 5.74) is 5.51. The molecule has 3 heteroatoms. The van der Waals surface area contributed by atoms with Gasteiger partial charge in [0.2, 0.25) is 0 Å². The molecule has 0 rings (SSSR count). The molecule has 0 aliphatic rings. The van der Waals surface area contributed by atoms with Gasteiger partial charge in [-0.05, 0) is 58.7 Å². The second kappa shape index (κ2) is 8.57. The fourth-order valence-corrected chi connectivity index (χ4v) is 2.12. The summed E-state index contributed by atoms with van der Waals surface area (Å²) in [4.78, 5) is 2.48. The molecule has 2 atom stereocenters. The molecule has 0 saturated heterocycles. The highest BCUT2D eigenvalue weighted by molar-refractivity contribution is 7.98. The summed E-state index contributed by atoms with van der Waals surface area (Å²) in [6.07, 6.45) is 5.81. The maximum atomic E-state index is 5.51. The third-order valence-electron chi connectivity index (χ3n) is 2.96. The third kappa shape index (κ3) is 5.89. The van der Waals surface area contributed by atoms with Gasteiger partial charge in [-0.15, -0.1) is 0 Å². The van der Waals surface area contributed by atoms with E-state index in [-0.39, 0.29) is 0 Å². The van der Waals surface area contributed by atoms with Crippen molar-refractivity contribution < 1.29 is 0 Å². The van der Waals surface area contributed by atoms with Crippen molar-refractivity contribution in [3.8, 4) is 0 Å². The van der Waals surface area contributed by atoms with Crippen LogP contribution in [0.4, 0.5) is 0 Å². The lowest BCUT2D eigenvalue weighted by atomic mass is 10.1. The predicted octanol–water partition coefficient (Wildman–Crippen LogP) is 2.19. The Balaban J connectivity index is 3.72. The highest BCUT2D eigenvalue weighted by Crippen LogP contribution is 2.12. The quantitative estimate of drug-likeness (QED) is 0.677. The van der Waals surface area contributed by atoms with Crippen LogP contribution in [-0.4, -0.2) is 42.6 Å². The van der Waals surface area contributed by atoms with E-state index in [2.05, 4.69) is 32.1 Å². The molecule has 0 radical (unpaired) electrons. The molecule has 0 aliphatic heterocycles. The number of hydrogen-bond donors (Lipinski definition) is 1. The normalized spacial score (nSPS) is 15.9. The summed E-state index contributed by atoms with van der Waals surface area (Å²) in [5.74, 6) is 1.26. The Hall–Kier alpha value is 0.270. The van der Waals surface area contributed by atoms with Gasteiger partial charge in [0, 0.05) is 12.1 Å². The number of nitrogens with zero attached hydrogens (tertiary/aromatic N) is 1. The van der Waals surface area contributed by atoms with Crippen LogP contribution in [0.15, 0.2) is 0 Å². The summed E-state index contributed by atoms with van der Waals surface area (Å²) in [6, 6.07) is 1.35. The minimum atomic E-state index is 0.662. The van der Waals surface area contributed by atoms with E-state index >= 15 is 0 Å². The van der Waals surface area contributed by atoms with E-state index in [1.165, 1.54) is 18.6 Å². The maximum Gasteiger partial charge on any atom is 0.00745 e. The monoisotopic (exact) mass is 218 g/mol. The van der Waals surface area contributed by atoms with Crippen LogP contribution < -0.4 is 5.73 Å². The average Bonchev–Trinajstić information content (AvgIpc) is 2.21. The molecule has 0 aromatic heterocycles. The molecule has 0 aromatic carbocycles. The second-order valence-corrected chi connectivity index (χ2v) is 5.06. The smallest absolute Gasteiger partial charge is 0.00745 e.